The number of halogens is 1. The second kappa shape index (κ2) is 6.95. The van der Waals surface area contributed by atoms with Gasteiger partial charge < -0.3 is 9.64 Å². The molecule has 0 aliphatic carbocycles. The van der Waals surface area contributed by atoms with E-state index in [-0.39, 0.29) is 18.0 Å². The predicted molar refractivity (Wildman–Crippen MR) is 87.5 cm³/mol. The van der Waals surface area contributed by atoms with Crippen molar-refractivity contribution in [2.45, 2.75) is 32.8 Å². The van der Waals surface area contributed by atoms with Crippen LogP contribution in [0.15, 0.2) is 30.6 Å². The Morgan fingerprint density at radius 2 is 1.88 bits per heavy atom. The maximum atomic E-state index is 12.9. The molecule has 3 rings (SSSR count). The third kappa shape index (κ3) is 3.88. The van der Waals surface area contributed by atoms with Gasteiger partial charge in [0.25, 0.3) is 5.91 Å². The Morgan fingerprint density at radius 3 is 2.54 bits per heavy atom. The summed E-state index contributed by atoms with van der Waals surface area (Å²) in [6.07, 6.45) is 3.63. The second-order valence-corrected chi connectivity index (χ2v) is 6.19. The summed E-state index contributed by atoms with van der Waals surface area (Å²) >= 11 is 0. The van der Waals surface area contributed by atoms with Gasteiger partial charge in [-0.2, -0.15) is 0 Å². The number of amides is 1. The molecule has 24 heavy (non-hydrogen) atoms. The van der Waals surface area contributed by atoms with E-state index in [0.29, 0.717) is 18.7 Å². The number of nitrogens with zero attached hydrogens (tertiary/aromatic N) is 3. The van der Waals surface area contributed by atoms with Gasteiger partial charge in [-0.3, -0.25) is 4.79 Å². The number of benzene rings is 1. The van der Waals surface area contributed by atoms with Crippen molar-refractivity contribution in [1.29, 1.82) is 0 Å². The lowest BCUT2D eigenvalue weighted by Gasteiger charge is -2.32. The molecule has 0 bridgehead atoms. The molecule has 1 amide bonds. The van der Waals surface area contributed by atoms with Crippen LogP contribution in [0.4, 0.5) is 4.39 Å². The Hall–Kier alpha value is -2.50. The fourth-order valence-electron chi connectivity index (χ4n) is 3.01. The molecular formula is C18H20FN3O2. The Bertz CT molecular complexity index is 713. The minimum absolute atomic E-state index is 0.00937. The lowest BCUT2D eigenvalue weighted by atomic mass is 10.0. The number of ether oxygens (including phenoxy) is 1. The van der Waals surface area contributed by atoms with Crippen molar-refractivity contribution >= 4 is 5.91 Å². The smallest absolute Gasteiger partial charge is 0.316 e. The summed E-state index contributed by atoms with van der Waals surface area (Å²) in [5, 5.41) is 0. The summed E-state index contributed by atoms with van der Waals surface area (Å²) in [5.74, 6) is -0.493. The summed E-state index contributed by atoms with van der Waals surface area (Å²) in [6, 6.07) is 6.00. The lowest BCUT2D eigenvalue weighted by Crippen LogP contribution is -2.44. The van der Waals surface area contributed by atoms with Crippen molar-refractivity contribution < 1.29 is 13.9 Å². The van der Waals surface area contributed by atoms with Gasteiger partial charge in [0.1, 0.15) is 6.10 Å². The van der Waals surface area contributed by atoms with Gasteiger partial charge >= 0.3 is 6.01 Å². The fraction of sp³-hybridized carbons (Fsp3) is 0.389. The van der Waals surface area contributed by atoms with Gasteiger partial charge in [-0.25, -0.2) is 14.4 Å². The first-order valence-corrected chi connectivity index (χ1v) is 8.03. The molecule has 1 aromatic carbocycles. The number of carbonyl (C=O) groups is 1. The van der Waals surface area contributed by atoms with Gasteiger partial charge in [-0.05, 0) is 38.8 Å². The molecule has 0 radical (unpaired) electrons. The molecule has 1 aromatic heterocycles. The molecule has 2 aromatic rings. The molecule has 1 fully saturated rings. The highest BCUT2D eigenvalue weighted by atomic mass is 19.1. The minimum atomic E-state index is -0.502. The fourth-order valence-corrected chi connectivity index (χ4v) is 3.01. The molecule has 0 spiro atoms. The van der Waals surface area contributed by atoms with E-state index in [1.165, 1.54) is 0 Å². The first kappa shape index (κ1) is 16.4. The van der Waals surface area contributed by atoms with Crippen LogP contribution in [-0.2, 0) is 0 Å². The number of rotatable bonds is 3. The van der Waals surface area contributed by atoms with Crippen LogP contribution >= 0.6 is 0 Å². The van der Waals surface area contributed by atoms with Crippen molar-refractivity contribution in [3.05, 3.63) is 53.1 Å². The molecular weight excluding hydrogens is 309 g/mol. The molecule has 1 aliphatic rings. The van der Waals surface area contributed by atoms with Crippen LogP contribution in [0, 0.1) is 19.7 Å². The molecule has 0 saturated carbocycles. The van der Waals surface area contributed by atoms with E-state index < -0.39 is 5.82 Å². The number of aromatic nitrogens is 2. The Kier molecular flexibility index (Phi) is 4.74. The Balaban J connectivity index is 1.68. The first-order chi connectivity index (χ1) is 11.5. The SMILES string of the molecule is Cc1cc(C)cc(C(=O)N2CCCC(Oc3ncc(F)cn3)C2)c1. The summed E-state index contributed by atoms with van der Waals surface area (Å²) in [6.45, 7) is 5.15. The summed E-state index contributed by atoms with van der Waals surface area (Å²) < 4.78 is 18.5. The van der Waals surface area contributed by atoms with Crippen molar-refractivity contribution in [3.8, 4) is 6.01 Å². The minimum Gasteiger partial charge on any atom is -0.458 e. The molecule has 0 N–H and O–H groups in total. The van der Waals surface area contributed by atoms with E-state index in [1.54, 1.807) is 4.90 Å². The van der Waals surface area contributed by atoms with Gasteiger partial charge in [0.05, 0.1) is 18.9 Å². The van der Waals surface area contributed by atoms with Crippen molar-refractivity contribution in [1.82, 2.24) is 14.9 Å². The van der Waals surface area contributed by atoms with E-state index >= 15 is 0 Å². The maximum absolute atomic E-state index is 12.9. The average molecular weight is 329 g/mol. The number of piperidine rings is 1. The molecule has 1 atom stereocenters. The average Bonchev–Trinajstić information content (AvgIpc) is 2.56. The quantitative estimate of drug-likeness (QED) is 0.869. The third-order valence-corrected chi connectivity index (χ3v) is 4.00. The Labute approximate surface area is 140 Å². The van der Waals surface area contributed by atoms with Crippen molar-refractivity contribution in [2.75, 3.05) is 13.1 Å². The van der Waals surface area contributed by atoms with Crippen LogP contribution in [0.1, 0.15) is 34.3 Å². The summed E-state index contributed by atoms with van der Waals surface area (Å²) in [4.78, 5) is 22.2. The Morgan fingerprint density at radius 1 is 1.21 bits per heavy atom. The first-order valence-electron chi connectivity index (χ1n) is 8.03. The molecule has 1 unspecified atom stereocenters. The van der Waals surface area contributed by atoms with E-state index in [1.807, 2.05) is 32.0 Å². The number of hydrogen-bond donors (Lipinski definition) is 0. The van der Waals surface area contributed by atoms with Gasteiger partial charge in [0.15, 0.2) is 5.82 Å². The van der Waals surface area contributed by atoms with Crippen LogP contribution in [0.25, 0.3) is 0 Å². The zero-order chi connectivity index (χ0) is 17.1. The summed E-state index contributed by atoms with van der Waals surface area (Å²) in [5.41, 5.74) is 2.84. The van der Waals surface area contributed by atoms with Crippen LogP contribution in [0.3, 0.4) is 0 Å². The van der Waals surface area contributed by atoms with Crippen molar-refractivity contribution in [2.24, 2.45) is 0 Å². The van der Waals surface area contributed by atoms with E-state index in [2.05, 4.69) is 9.97 Å². The van der Waals surface area contributed by atoms with E-state index in [4.69, 9.17) is 4.74 Å². The topological polar surface area (TPSA) is 55.3 Å². The molecule has 1 aliphatic heterocycles. The monoisotopic (exact) mass is 329 g/mol. The van der Waals surface area contributed by atoms with Gasteiger partial charge in [-0.1, -0.05) is 17.2 Å². The number of aryl methyl sites for hydroxylation is 2. The van der Waals surface area contributed by atoms with E-state index in [0.717, 1.165) is 36.4 Å². The molecule has 6 heteroatoms. The van der Waals surface area contributed by atoms with Crippen LogP contribution < -0.4 is 4.74 Å². The predicted octanol–water partition coefficient (Wildman–Crippen LogP) is 2.92. The third-order valence-electron chi connectivity index (χ3n) is 4.00. The second-order valence-electron chi connectivity index (χ2n) is 6.19. The zero-order valence-corrected chi connectivity index (χ0v) is 13.8. The molecule has 1 saturated heterocycles. The van der Waals surface area contributed by atoms with E-state index in [9.17, 15) is 9.18 Å². The van der Waals surface area contributed by atoms with Crippen LogP contribution in [-0.4, -0.2) is 40.0 Å². The van der Waals surface area contributed by atoms with Crippen LogP contribution in [0.5, 0.6) is 6.01 Å². The summed E-state index contributed by atoms with van der Waals surface area (Å²) in [7, 11) is 0. The highest BCUT2D eigenvalue weighted by Gasteiger charge is 2.26. The number of carbonyl (C=O) groups excluding carboxylic acids is 1. The van der Waals surface area contributed by atoms with Crippen LogP contribution in [0.2, 0.25) is 0 Å². The van der Waals surface area contributed by atoms with Gasteiger partial charge in [0, 0.05) is 12.1 Å². The molecule has 5 nitrogen and oxygen atoms in total. The van der Waals surface area contributed by atoms with Crippen molar-refractivity contribution in [3.63, 3.8) is 0 Å². The molecule has 2 heterocycles. The van der Waals surface area contributed by atoms with Gasteiger partial charge in [-0.15, -0.1) is 0 Å². The maximum Gasteiger partial charge on any atom is 0.316 e. The molecule has 126 valence electrons. The zero-order valence-electron chi connectivity index (χ0n) is 13.8. The van der Waals surface area contributed by atoms with Gasteiger partial charge in [0.2, 0.25) is 0 Å². The highest BCUT2D eigenvalue weighted by molar-refractivity contribution is 5.94. The largest absolute Gasteiger partial charge is 0.458 e. The lowest BCUT2D eigenvalue weighted by molar-refractivity contribution is 0.0515. The highest BCUT2D eigenvalue weighted by Crippen LogP contribution is 2.19. The normalized spacial score (nSPS) is 17.6. The number of hydrogen-bond acceptors (Lipinski definition) is 4. The standard InChI is InChI=1S/C18H20FN3O2/c1-12-6-13(2)8-14(7-12)17(23)22-5-3-4-16(11-22)24-18-20-9-15(19)10-21-18/h6-10,16H,3-5,11H2,1-2H3. The number of likely N-dealkylation sites (tertiary alicyclic amines) is 1.